The fraction of sp³-hybridized carbons (Fsp3) is 0.294. The van der Waals surface area contributed by atoms with Crippen LogP contribution in [0.25, 0.3) is 20.2 Å². The molecule has 0 aliphatic rings. The Morgan fingerprint density at radius 1 is 1.00 bits per heavy atom. The molecule has 0 bridgehead atoms. The quantitative estimate of drug-likeness (QED) is 0.729. The molecule has 2 unspecified atom stereocenters. The summed E-state index contributed by atoms with van der Waals surface area (Å²) in [5.74, 6) is 1.02. The van der Waals surface area contributed by atoms with E-state index in [-0.39, 0.29) is 0 Å². The van der Waals surface area contributed by atoms with Crippen molar-refractivity contribution in [3.8, 4) is 0 Å². The Morgan fingerprint density at radius 3 is 2.53 bits per heavy atom. The second-order valence-electron chi connectivity index (χ2n) is 5.36. The second kappa shape index (κ2) is 4.95. The number of fused-ring (bicyclic) bond motifs is 3. The number of thiophene rings is 1. The molecular formula is C17H19NS. The molecular weight excluding hydrogens is 250 g/mol. The molecule has 1 heterocycles. The molecule has 98 valence electrons. The van der Waals surface area contributed by atoms with Crippen LogP contribution in [-0.2, 0) is 0 Å². The molecule has 1 nitrogen and oxygen atoms in total. The monoisotopic (exact) mass is 269 g/mol. The van der Waals surface area contributed by atoms with Crippen molar-refractivity contribution >= 4 is 31.5 Å². The van der Waals surface area contributed by atoms with E-state index >= 15 is 0 Å². The van der Waals surface area contributed by atoms with Crippen LogP contribution in [0.15, 0.2) is 42.5 Å². The van der Waals surface area contributed by atoms with Gasteiger partial charge in [-0.3, -0.25) is 0 Å². The van der Waals surface area contributed by atoms with Crippen molar-refractivity contribution in [1.29, 1.82) is 0 Å². The van der Waals surface area contributed by atoms with Gasteiger partial charge in [0, 0.05) is 20.2 Å². The Morgan fingerprint density at radius 2 is 1.74 bits per heavy atom. The van der Waals surface area contributed by atoms with Crippen LogP contribution in [-0.4, -0.2) is 6.54 Å². The lowest BCUT2D eigenvalue weighted by molar-refractivity contribution is 0.499. The molecule has 0 saturated carbocycles. The van der Waals surface area contributed by atoms with E-state index in [2.05, 4.69) is 56.3 Å². The Hall–Kier alpha value is -1.38. The summed E-state index contributed by atoms with van der Waals surface area (Å²) in [7, 11) is 0. The van der Waals surface area contributed by atoms with Gasteiger partial charge in [-0.05, 0) is 42.1 Å². The SMILES string of the molecule is CC(CN)C(C)c1ccc2sc3ccccc3c2c1. The van der Waals surface area contributed by atoms with Crippen molar-refractivity contribution in [3.63, 3.8) is 0 Å². The van der Waals surface area contributed by atoms with Gasteiger partial charge in [-0.2, -0.15) is 0 Å². The Bertz CT molecular complexity index is 713. The van der Waals surface area contributed by atoms with Crippen molar-refractivity contribution in [3.05, 3.63) is 48.0 Å². The summed E-state index contributed by atoms with van der Waals surface area (Å²) in [6.07, 6.45) is 0. The van der Waals surface area contributed by atoms with Gasteiger partial charge in [0.15, 0.2) is 0 Å². The van der Waals surface area contributed by atoms with E-state index in [1.165, 1.54) is 25.7 Å². The number of benzene rings is 2. The maximum atomic E-state index is 5.80. The van der Waals surface area contributed by atoms with Crippen LogP contribution in [0.3, 0.4) is 0 Å². The summed E-state index contributed by atoms with van der Waals surface area (Å²) < 4.78 is 2.74. The summed E-state index contributed by atoms with van der Waals surface area (Å²) in [5.41, 5.74) is 7.19. The third kappa shape index (κ3) is 2.15. The van der Waals surface area contributed by atoms with Crippen molar-refractivity contribution in [1.82, 2.24) is 0 Å². The topological polar surface area (TPSA) is 26.0 Å². The van der Waals surface area contributed by atoms with Crippen molar-refractivity contribution in [2.24, 2.45) is 11.7 Å². The van der Waals surface area contributed by atoms with Gasteiger partial charge in [0.2, 0.25) is 0 Å². The fourth-order valence-electron chi connectivity index (χ4n) is 2.56. The van der Waals surface area contributed by atoms with Crippen LogP contribution in [0.4, 0.5) is 0 Å². The lowest BCUT2D eigenvalue weighted by Crippen LogP contribution is -2.16. The molecule has 2 N–H and O–H groups in total. The van der Waals surface area contributed by atoms with E-state index in [0.29, 0.717) is 11.8 Å². The first-order chi connectivity index (χ1) is 9.20. The Kier molecular flexibility index (Phi) is 3.29. The molecule has 0 aliphatic heterocycles. The third-order valence-corrected chi connectivity index (χ3v) is 5.30. The minimum absolute atomic E-state index is 0.507. The number of hydrogen-bond acceptors (Lipinski definition) is 2. The van der Waals surface area contributed by atoms with Gasteiger partial charge in [0.1, 0.15) is 0 Å². The van der Waals surface area contributed by atoms with Gasteiger partial charge in [-0.15, -0.1) is 11.3 Å². The molecule has 2 aromatic carbocycles. The van der Waals surface area contributed by atoms with Gasteiger partial charge in [-0.25, -0.2) is 0 Å². The smallest absolute Gasteiger partial charge is 0.0355 e. The normalized spacial score (nSPS) is 14.9. The van der Waals surface area contributed by atoms with Crippen LogP contribution in [0.2, 0.25) is 0 Å². The average Bonchev–Trinajstić information content (AvgIpc) is 2.83. The molecule has 2 heteroatoms. The molecule has 3 aromatic rings. The molecule has 0 radical (unpaired) electrons. The first kappa shape index (κ1) is 12.6. The van der Waals surface area contributed by atoms with Crippen LogP contribution in [0.5, 0.6) is 0 Å². The summed E-state index contributed by atoms with van der Waals surface area (Å²) in [6.45, 7) is 5.23. The zero-order valence-corrected chi connectivity index (χ0v) is 12.2. The van der Waals surface area contributed by atoms with Gasteiger partial charge >= 0.3 is 0 Å². The Balaban J connectivity index is 2.16. The maximum absolute atomic E-state index is 5.80. The van der Waals surface area contributed by atoms with Gasteiger partial charge < -0.3 is 5.73 Å². The predicted molar refractivity (Wildman–Crippen MR) is 86.0 cm³/mol. The highest BCUT2D eigenvalue weighted by Gasteiger charge is 2.14. The predicted octanol–water partition coefficient (Wildman–Crippen LogP) is 4.75. The summed E-state index contributed by atoms with van der Waals surface area (Å²) >= 11 is 1.87. The van der Waals surface area contributed by atoms with Gasteiger partial charge in [0.25, 0.3) is 0 Å². The highest BCUT2D eigenvalue weighted by atomic mass is 32.1. The number of nitrogens with two attached hydrogens (primary N) is 1. The molecule has 1 aromatic heterocycles. The molecule has 3 rings (SSSR count). The number of hydrogen-bond donors (Lipinski definition) is 1. The van der Waals surface area contributed by atoms with Gasteiger partial charge in [-0.1, -0.05) is 38.1 Å². The molecule has 0 fully saturated rings. The zero-order chi connectivity index (χ0) is 13.4. The minimum Gasteiger partial charge on any atom is -0.330 e. The van der Waals surface area contributed by atoms with Crippen LogP contribution < -0.4 is 5.73 Å². The summed E-state index contributed by atoms with van der Waals surface area (Å²) in [5, 5.41) is 2.76. The summed E-state index contributed by atoms with van der Waals surface area (Å²) in [4.78, 5) is 0. The molecule has 0 amide bonds. The minimum atomic E-state index is 0.507. The molecule has 0 spiro atoms. The van der Waals surface area contributed by atoms with Crippen LogP contribution in [0.1, 0.15) is 25.3 Å². The molecule has 0 saturated heterocycles. The average molecular weight is 269 g/mol. The maximum Gasteiger partial charge on any atom is 0.0355 e. The fourth-order valence-corrected chi connectivity index (χ4v) is 3.65. The van der Waals surface area contributed by atoms with E-state index in [4.69, 9.17) is 5.73 Å². The van der Waals surface area contributed by atoms with Gasteiger partial charge in [0.05, 0.1) is 0 Å². The first-order valence-electron chi connectivity index (χ1n) is 6.82. The van der Waals surface area contributed by atoms with Crippen LogP contribution in [0, 0.1) is 5.92 Å². The van der Waals surface area contributed by atoms with Crippen molar-refractivity contribution in [2.75, 3.05) is 6.54 Å². The summed E-state index contributed by atoms with van der Waals surface area (Å²) in [6, 6.07) is 15.5. The highest BCUT2D eigenvalue weighted by Crippen LogP contribution is 2.36. The standard InChI is InChI=1S/C17H19NS/c1-11(10-18)12(2)13-7-8-17-15(9-13)14-5-3-4-6-16(14)19-17/h3-9,11-12H,10,18H2,1-2H3. The number of rotatable bonds is 3. The largest absolute Gasteiger partial charge is 0.330 e. The van der Waals surface area contributed by atoms with E-state index < -0.39 is 0 Å². The lowest BCUT2D eigenvalue weighted by Gasteiger charge is -2.18. The zero-order valence-electron chi connectivity index (χ0n) is 11.4. The van der Waals surface area contributed by atoms with E-state index in [9.17, 15) is 0 Å². The van der Waals surface area contributed by atoms with Crippen molar-refractivity contribution < 1.29 is 0 Å². The Labute approximate surface area is 118 Å². The first-order valence-corrected chi connectivity index (χ1v) is 7.63. The highest BCUT2D eigenvalue weighted by molar-refractivity contribution is 7.25. The van der Waals surface area contributed by atoms with Crippen molar-refractivity contribution in [2.45, 2.75) is 19.8 Å². The van der Waals surface area contributed by atoms with E-state index in [0.717, 1.165) is 6.54 Å². The third-order valence-electron chi connectivity index (χ3n) is 4.15. The van der Waals surface area contributed by atoms with Crippen LogP contribution >= 0.6 is 11.3 Å². The van der Waals surface area contributed by atoms with E-state index in [1.807, 2.05) is 11.3 Å². The second-order valence-corrected chi connectivity index (χ2v) is 6.44. The lowest BCUT2D eigenvalue weighted by atomic mass is 9.88. The molecule has 0 aliphatic carbocycles. The van der Waals surface area contributed by atoms with E-state index in [1.54, 1.807) is 0 Å². The molecule has 19 heavy (non-hydrogen) atoms. The molecule has 2 atom stereocenters.